The summed E-state index contributed by atoms with van der Waals surface area (Å²) in [7, 11) is 5.45. The number of carbonyl (C=O) groups is 1. The van der Waals surface area contributed by atoms with Gasteiger partial charge in [-0.25, -0.2) is 14.8 Å². The third-order valence-corrected chi connectivity index (χ3v) is 5.27. The lowest BCUT2D eigenvalue weighted by atomic mass is 10.2. The minimum Gasteiger partial charge on any atom is -0.444 e. The monoisotopic (exact) mass is 486 g/mol. The molecule has 1 aliphatic rings. The van der Waals surface area contributed by atoms with Crippen LogP contribution in [0.4, 0.5) is 16.3 Å². The molecule has 11 nitrogen and oxygen atoms in total. The lowest BCUT2D eigenvalue weighted by Crippen LogP contribution is -2.51. The molecule has 1 aliphatic heterocycles. The first kappa shape index (κ1) is 27.7. The molecular weight excluding hydrogens is 448 g/mol. The molecule has 35 heavy (non-hydrogen) atoms. The molecule has 1 fully saturated rings. The number of nitrogens with two attached hydrogens (primary N) is 1. The molecule has 3 rings (SSSR count). The number of hydrogen-bond acceptors (Lipinski definition) is 9. The van der Waals surface area contributed by atoms with Gasteiger partial charge in [-0.2, -0.15) is 0 Å². The number of oxazole rings is 1. The van der Waals surface area contributed by atoms with E-state index in [0.29, 0.717) is 18.3 Å². The number of anilines is 2. The molecule has 0 unspecified atom stereocenters. The van der Waals surface area contributed by atoms with Gasteiger partial charge in [-0.1, -0.05) is 12.2 Å². The molecule has 0 atom stereocenters. The minimum absolute atomic E-state index is 0.0710. The van der Waals surface area contributed by atoms with E-state index in [0.717, 1.165) is 49.0 Å². The van der Waals surface area contributed by atoms with E-state index >= 15 is 0 Å². The first-order chi connectivity index (χ1) is 16.8. The Morgan fingerprint density at radius 2 is 2.00 bits per heavy atom. The molecule has 11 heteroatoms. The fourth-order valence-electron chi connectivity index (χ4n) is 3.41. The number of nitrogens with zero attached hydrogens (tertiary/aromatic N) is 5. The average Bonchev–Trinajstić information content (AvgIpc) is 3.21. The van der Waals surface area contributed by atoms with Crippen LogP contribution in [0.25, 0.3) is 5.70 Å². The van der Waals surface area contributed by atoms with Crippen LogP contribution in [0.15, 0.2) is 41.0 Å². The van der Waals surface area contributed by atoms with Crippen molar-refractivity contribution in [1.82, 2.24) is 30.0 Å². The van der Waals surface area contributed by atoms with Crippen molar-refractivity contribution in [3.63, 3.8) is 0 Å². The van der Waals surface area contributed by atoms with Gasteiger partial charge in [0, 0.05) is 47.3 Å². The molecule has 0 radical (unpaired) electrons. The standard InChI is InChI=1S/C18H29N5O2.C6H9N3O/c1-6-7-8-15(19-3)17-14(2)25-16(20-17)13-22-9-11-23(12-10-22)18(24)21(4)5;7-6-2-1-5(3-8-6)9-4-10/h6-8,19H,9-13H2,1-5H3;1-3,9-10H,4H2,(H2,7,8)/b7-6-,15-8+;. The maximum Gasteiger partial charge on any atom is 0.319 e. The van der Waals surface area contributed by atoms with Crippen LogP contribution in [-0.4, -0.2) is 89.9 Å². The van der Waals surface area contributed by atoms with Crippen LogP contribution >= 0.6 is 0 Å². The Balaban J connectivity index is 0.000000360. The van der Waals surface area contributed by atoms with E-state index in [2.05, 4.69) is 25.5 Å². The highest BCUT2D eigenvalue weighted by molar-refractivity contribution is 5.73. The number of nitrogen functional groups attached to an aromatic ring is 1. The first-order valence-corrected chi connectivity index (χ1v) is 11.5. The molecule has 2 amide bonds. The van der Waals surface area contributed by atoms with Gasteiger partial charge in [0.25, 0.3) is 0 Å². The number of rotatable bonds is 7. The number of allylic oxidation sites excluding steroid dienone is 3. The summed E-state index contributed by atoms with van der Waals surface area (Å²) in [5, 5.41) is 14.3. The number of aromatic nitrogens is 2. The van der Waals surface area contributed by atoms with Gasteiger partial charge in [0.05, 0.1) is 24.1 Å². The van der Waals surface area contributed by atoms with Crippen LogP contribution in [0.5, 0.6) is 0 Å². The van der Waals surface area contributed by atoms with E-state index in [1.165, 1.54) is 0 Å². The third kappa shape index (κ3) is 8.62. The predicted octanol–water partition coefficient (Wildman–Crippen LogP) is 1.94. The van der Waals surface area contributed by atoms with Crippen molar-refractivity contribution in [3.8, 4) is 0 Å². The molecule has 3 heterocycles. The van der Waals surface area contributed by atoms with Crippen LogP contribution in [-0.2, 0) is 6.54 Å². The van der Waals surface area contributed by atoms with Gasteiger partial charge >= 0.3 is 6.03 Å². The topological polar surface area (TPSA) is 136 Å². The van der Waals surface area contributed by atoms with E-state index < -0.39 is 0 Å². The number of aliphatic hydroxyl groups is 1. The van der Waals surface area contributed by atoms with Crippen molar-refractivity contribution in [3.05, 3.63) is 53.9 Å². The van der Waals surface area contributed by atoms with Gasteiger partial charge in [0.1, 0.15) is 24.0 Å². The highest BCUT2D eigenvalue weighted by Crippen LogP contribution is 2.19. The van der Waals surface area contributed by atoms with Gasteiger partial charge in [-0.3, -0.25) is 4.90 Å². The number of aryl methyl sites for hydroxylation is 1. The van der Waals surface area contributed by atoms with Crippen LogP contribution in [0.2, 0.25) is 0 Å². The quantitative estimate of drug-likeness (QED) is 0.342. The van der Waals surface area contributed by atoms with Crippen LogP contribution in [0.3, 0.4) is 0 Å². The van der Waals surface area contributed by atoms with Crippen LogP contribution in [0, 0.1) is 6.92 Å². The number of nitrogens with one attached hydrogen (secondary N) is 2. The number of carbonyl (C=O) groups excluding carboxylic acids is 1. The molecule has 192 valence electrons. The zero-order valence-corrected chi connectivity index (χ0v) is 21.3. The van der Waals surface area contributed by atoms with Gasteiger partial charge in [-0.05, 0) is 32.1 Å². The van der Waals surface area contributed by atoms with Crippen LogP contribution in [0.1, 0.15) is 24.3 Å². The number of pyridine rings is 1. The molecule has 0 aliphatic carbocycles. The van der Waals surface area contributed by atoms with E-state index in [1.807, 2.05) is 44.0 Å². The summed E-state index contributed by atoms with van der Waals surface area (Å²) >= 11 is 0. The molecule has 0 aromatic carbocycles. The van der Waals surface area contributed by atoms with Crippen molar-refractivity contribution in [2.45, 2.75) is 20.4 Å². The van der Waals surface area contributed by atoms with Crippen molar-refractivity contribution < 1.29 is 14.3 Å². The number of aliphatic hydroxyl groups excluding tert-OH is 1. The minimum atomic E-state index is -0.0917. The normalized spacial score (nSPS) is 14.5. The fraction of sp³-hybridized carbons (Fsp3) is 0.458. The highest BCUT2D eigenvalue weighted by atomic mass is 16.4. The van der Waals surface area contributed by atoms with Gasteiger partial charge in [-0.15, -0.1) is 0 Å². The maximum atomic E-state index is 12.0. The average molecular weight is 487 g/mol. The summed E-state index contributed by atoms with van der Waals surface area (Å²) in [5.41, 5.74) is 7.86. The summed E-state index contributed by atoms with van der Waals surface area (Å²) in [6.45, 7) is 7.58. The maximum absolute atomic E-state index is 12.0. The zero-order valence-electron chi connectivity index (χ0n) is 21.3. The summed E-state index contributed by atoms with van der Waals surface area (Å²) in [6, 6.07) is 3.48. The highest BCUT2D eigenvalue weighted by Gasteiger charge is 2.23. The van der Waals surface area contributed by atoms with Crippen molar-refractivity contribution in [2.24, 2.45) is 0 Å². The SMILES string of the molecule is C/C=C\C=C(\NC)c1nc(CN2CCN(C(=O)N(C)C)CC2)oc1C.Nc1ccc(NCO)cn1. The molecule has 0 saturated carbocycles. The van der Waals surface area contributed by atoms with Gasteiger partial charge in [0.2, 0.25) is 5.89 Å². The molecule has 1 saturated heterocycles. The second-order valence-corrected chi connectivity index (χ2v) is 8.12. The zero-order chi connectivity index (χ0) is 25.8. The first-order valence-electron chi connectivity index (χ1n) is 11.5. The largest absolute Gasteiger partial charge is 0.444 e. The van der Waals surface area contributed by atoms with Crippen molar-refractivity contribution >= 4 is 23.2 Å². The smallest absolute Gasteiger partial charge is 0.319 e. The summed E-state index contributed by atoms with van der Waals surface area (Å²) in [4.78, 5) is 26.2. The lowest BCUT2D eigenvalue weighted by molar-refractivity contribution is 0.115. The van der Waals surface area contributed by atoms with Crippen molar-refractivity contribution in [2.75, 3.05) is 65.1 Å². The fourth-order valence-corrected chi connectivity index (χ4v) is 3.41. The van der Waals surface area contributed by atoms with Crippen LogP contribution < -0.4 is 16.4 Å². The Hall–Kier alpha value is -3.57. The Labute approximate surface area is 207 Å². The Bertz CT molecular complexity index is 977. The Kier molecular flexibility index (Phi) is 11.0. The van der Waals surface area contributed by atoms with Gasteiger partial charge < -0.3 is 35.7 Å². The van der Waals surface area contributed by atoms with E-state index in [-0.39, 0.29) is 12.8 Å². The second-order valence-electron chi connectivity index (χ2n) is 8.12. The summed E-state index contributed by atoms with van der Waals surface area (Å²) < 4.78 is 5.85. The second kappa shape index (κ2) is 14.0. The molecule has 5 N–H and O–H groups in total. The van der Waals surface area contributed by atoms with E-state index in [1.54, 1.807) is 37.3 Å². The molecule has 2 aromatic rings. The third-order valence-electron chi connectivity index (χ3n) is 5.27. The number of hydrogen-bond donors (Lipinski definition) is 4. The van der Waals surface area contributed by atoms with Gasteiger partial charge in [0.15, 0.2) is 0 Å². The predicted molar refractivity (Wildman–Crippen MR) is 138 cm³/mol. The number of piperazine rings is 1. The molecular formula is C24H38N8O3. The summed E-state index contributed by atoms with van der Waals surface area (Å²) in [6.07, 6.45) is 7.49. The molecule has 0 spiro atoms. The van der Waals surface area contributed by atoms with Crippen molar-refractivity contribution in [1.29, 1.82) is 0 Å². The Morgan fingerprint density at radius 1 is 1.29 bits per heavy atom. The van der Waals surface area contributed by atoms with E-state index in [9.17, 15) is 4.79 Å². The molecule has 2 aromatic heterocycles. The van der Waals surface area contributed by atoms with E-state index in [4.69, 9.17) is 15.3 Å². The summed E-state index contributed by atoms with van der Waals surface area (Å²) in [5.74, 6) is 1.99. The number of urea groups is 1. The Morgan fingerprint density at radius 3 is 2.54 bits per heavy atom. The molecule has 0 bridgehead atoms. The number of amides is 2. The lowest BCUT2D eigenvalue weighted by Gasteiger charge is -2.35.